The minimum atomic E-state index is 0.861. The van der Waals surface area contributed by atoms with Gasteiger partial charge in [0.05, 0.1) is 5.69 Å². The fourth-order valence-corrected chi connectivity index (χ4v) is 6.07. The standard InChI is InChI=1S/C40H27NO/c1-3-12-27(13-4-1)32-17-9-10-18-33(32)29-22-24-31(25-23-29)41-37-21-11-20-35-38-34-19-8-7-16-30(34)26-36(40(38)42-39(35)37)28-14-5-2-6-15-28/h1-26,41H. The summed E-state index contributed by atoms with van der Waals surface area (Å²) in [5, 5.41) is 8.31. The topological polar surface area (TPSA) is 25.2 Å². The number of nitrogens with one attached hydrogen (secondary N) is 1. The Hall–Kier alpha value is -5.60. The highest BCUT2D eigenvalue weighted by molar-refractivity contribution is 6.24. The van der Waals surface area contributed by atoms with Crippen LogP contribution in [0.15, 0.2) is 162 Å². The highest BCUT2D eigenvalue weighted by atomic mass is 16.3. The van der Waals surface area contributed by atoms with E-state index in [1.165, 1.54) is 33.0 Å². The number of benzene rings is 7. The van der Waals surface area contributed by atoms with Crippen LogP contribution in [0, 0.1) is 0 Å². The molecule has 0 saturated carbocycles. The third-order valence-electron chi connectivity index (χ3n) is 8.06. The Labute approximate surface area is 244 Å². The number of hydrogen-bond donors (Lipinski definition) is 1. The van der Waals surface area contributed by atoms with Crippen LogP contribution in [0.1, 0.15) is 0 Å². The van der Waals surface area contributed by atoms with Gasteiger partial charge in [0.15, 0.2) is 5.58 Å². The Bertz CT molecular complexity index is 2190. The summed E-state index contributed by atoms with van der Waals surface area (Å²) in [6.07, 6.45) is 0. The molecule has 7 aromatic carbocycles. The molecule has 0 atom stereocenters. The molecule has 2 nitrogen and oxygen atoms in total. The van der Waals surface area contributed by atoms with Gasteiger partial charge in [-0.05, 0) is 62.9 Å². The normalized spacial score (nSPS) is 11.3. The number of anilines is 2. The van der Waals surface area contributed by atoms with Gasteiger partial charge in [0.1, 0.15) is 5.58 Å². The second-order valence-corrected chi connectivity index (χ2v) is 10.6. The van der Waals surface area contributed by atoms with E-state index >= 15 is 0 Å². The van der Waals surface area contributed by atoms with Crippen molar-refractivity contribution >= 4 is 44.1 Å². The molecule has 1 heterocycles. The summed E-state index contributed by atoms with van der Waals surface area (Å²) in [5.41, 5.74) is 10.8. The summed E-state index contributed by atoms with van der Waals surface area (Å²) in [7, 11) is 0. The molecule has 8 rings (SSSR count). The van der Waals surface area contributed by atoms with Crippen molar-refractivity contribution in [2.75, 3.05) is 5.32 Å². The Balaban J connectivity index is 1.22. The van der Waals surface area contributed by atoms with Gasteiger partial charge in [-0.25, -0.2) is 0 Å². The van der Waals surface area contributed by atoms with E-state index in [1.807, 2.05) is 6.07 Å². The lowest BCUT2D eigenvalue weighted by molar-refractivity contribution is 0.671. The van der Waals surface area contributed by atoms with E-state index in [0.717, 1.165) is 44.4 Å². The smallest absolute Gasteiger partial charge is 0.158 e. The van der Waals surface area contributed by atoms with E-state index in [1.54, 1.807) is 0 Å². The minimum absolute atomic E-state index is 0.861. The number of fused-ring (bicyclic) bond motifs is 5. The van der Waals surface area contributed by atoms with Gasteiger partial charge in [-0.1, -0.05) is 133 Å². The predicted octanol–water partition coefficient (Wildman–Crippen LogP) is 11.5. The second kappa shape index (κ2) is 10.1. The lowest BCUT2D eigenvalue weighted by Gasteiger charge is -2.12. The summed E-state index contributed by atoms with van der Waals surface area (Å²) < 4.78 is 6.74. The maximum absolute atomic E-state index is 6.74. The molecular formula is C40H27NO. The SMILES string of the molecule is c1ccc(-c2ccccc2-c2ccc(Nc3cccc4c3oc3c(-c5ccccc5)cc5ccccc5c34)cc2)cc1. The van der Waals surface area contributed by atoms with Crippen molar-refractivity contribution in [3.63, 3.8) is 0 Å². The van der Waals surface area contributed by atoms with Crippen molar-refractivity contribution in [2.24, 2.45) is 0 Å². The van der Waals surface area contributed by atoms with Crippen molar-refractivity contribution in [1.29, 1.82) is 0 Å². The summed E-state index contributed by atoms with van der Waals surface area (Å²) in [6.45, 7) is 0. The molecule has 0 saturated heterocycles. The van der Waals surface area contributed by atoms with Crippen LogP contribution in [0.3, 0.4) is 0 Å². The molecule has 42 heavy (non-hydrogen) atoms. The molecular weight excluding hydrogens is 510 g/mol. The Kier molecular flexibility index (Phi) is 5.82. The first-order chi connectivity index (χ1) is 20.8. The molecule has 0 fully saturated rings. The lowest BCUT2D eigenvalue weighted by atomic mass is 9.94. The number of hydrogen-bond acceptors (Lipinski definition) is 2. The monoisotopic (exact) mass is 537 g/mol. The van der Waals surface area contributed by atoms with Crippen molar-refractivity contribution < 1.29 is 4.42 Å². The first-order valence-corrected chi connectivity index (χ1v) is 14.3. The molecule has 0 aliphatic heterocycles. The fraction of sp³-hybridized carbons (Fsp3) is 0. The van der Waals surface area contributed by atoms with Gasteiger partial charge in [0, 0.05) is 22.0 Å². The van der Waals surface area contributed by atoms with E-state index in [0.29, 0.717) is 0 Å². The number of para-hydroxylation sites is 1. The van der Waals surface area contributed by atoms with E-state index < -0.39 is 0 Å². The predicted molar refractivity (Wildman–Crippen MR) is 177 cm³/mol. The maximum Gasteiger partial charge on any atom is 0.158 e. The molecule has 0 spiro atoms. The highest BCUT2D eigenvalue weighted by Gasteiger charge is 2.18. The fourth-order valence-electron chi connectivity index (χ4n) is 6.07. The van der Waals surface area contributed by atoms with Crippen molar-refractivity contribution in [2.45, 2.75) is 0 Å². The van der Waals surface area contributed by atoms with Crippen LogP contribution in [0.25, 0.3) is 66.1 Å². The molecule has 2 heteroatoms. The lowest BCUT2D eigenvalue weighted by Crippen LogP contribution is -1.91. The molecule has 0 unspecified atom stereocenters. The largest absolute Gasteiger partial charge is 0.453 e. The van der Waals surface area contributed by atoms with E-state index in [2.05, 4.69) is 157 Å². The van der Waals surface area contributed by atoms with Crippen LogP contribution < -0.4 is 5.32 Å². The van der Waals surface area contributed by atoms with Crippen LogP contribution >= 0.6 is 0 Å². The molecule has 198 valence electrons. The first kappa shape index (κ1) is 24.2. The van der Waals surface area contributed by atoms with Gasteiger partial charge in [0.25, 0.3) is 0 Å². The zero-order valence-corrected chi connectivity index (χ0v) is 22.9. The van der Waals surface area contributed by atoms with Crippen LogP contribution in [0.2, 0.25) is 0 Å². The summed E-state index contributed by atoms with van der Waals surface area (Å²) in [4.78, 5) is 0. The Morgan fingerprint density at radius 3 is 1.69 bits per heavy atom. The molecule has 0 aliphatic rings. The average molecular weight is 538 g/mol. The Morgan fingerprint density at radius 2 is 0.976 bits per heavy atom. The molecule has 1 aromatic heterocycles. The molecule has 0 bridgehead atoms. The highest BCUT2D eigenvalue weighted by Crippen LogP contribution is 2.43. The van der Waals surface area contributed by atoms with Gasteiger partial charge in [-0.2, -0.15) is 0 Å². The molecule has 0 amide bonds. The van der Waals surface area contributed by atoms with Crippen LogP contribution in [0.5, 0.6) is 0 Å². The number of furan rings is 1. The molecule has 1 N–H and O–H groups in total. The van der Waals surface area contributed by atoms with Gasteiger partial charge < -0.3 is 9.73 Å². The third kappa shape index (κ3) is 4.13. The zero-order valence-electron chi connectivity index (χ0n) is 22.9. The second-order valence-electron chi connectivity index (χ2n) is 10.6. The molecule has 8 aromatic rings. The zero-order chi connectivity index (χ0) is 27.9. The van der Waals surface area contributed by atoms with Gasteiger partial charge in [-0.15, -0.1) is 0 Å². The average Bonchev–Trinajstić information content (AvgIpc) is 3.47. The maximum atomic E-state index is 6.74. The van der Waals surface area contributed by atoms with Crippen molar-refractivity contribution in [1.82, 2.24) is 0 Å². The Morgan fingerprint density at radius 1 is 0.405 bits per heavy atom. The van der Waals surface area contributed by atoms with E-state index in [4.69, 9.17) is 4.42 Å². The van der Waals surface area contributed by atoms with Crippen LogP contribution in [-0.2, 0) is 0 Å². The molecule has 0 aliphatic carbocycles. The third-order valence-corrected chi connectivity index (χ3v) is 8.06. The van der Waals surface area contributed by atoms with Crippen molar-refractivity contribution in [3.8, 4) is 33.4 Å². The summed E-state index contributed by atoms with van der Waals surface area (Å²) in [6, 6.07) is 55.4. The molecule has 0 radical (unpaired) electrons. The van der Waals surface area contributed by atoms with Gasteiger partial charge >= 0.3 is 0 Å². The minimum Gasteiger partial charge on any atom is -0.453 e. The first-order valence-electron chi connectivity index (χ1n) is 14.3. The van der Waals surface area contributed by atoms with Crippen LogP contribution in [0.4, 0.5) is 11.4 Å². The number of rotatable bonds is 5. The summed E-state index contributed by atoms with van der Waals surface area (Å²) >= 11 is 0. The quantitative estimate of drug-likeness (QED) is 0.236. The van der Waals surface area contributed by atoms with E-state index in [9.17, 15) is 0 Å². The van der Waals surface area contributed by atoms with Crippen LogP contribution in [-0.4, -0.2) is 0 Å². The van der Waals surface area contributed by atoms with E-state index in [-0.39, 0.29) is 0 Å². The van der Waals surface area contributed by atoms with Gasteiger partial charge in [0.2, 0.25) is 0 Å². The van der Waals surface area contributed by atoms with Crippen molar-refractivity contribution in [3.05, 3.63) is 158 Å². The van der Waals surface area contributed by atoms with Gasteiger partial charge in [-0.3, -0.25) is 0 Å². The summed E-state index contributed by atoms with van der Waals surface area (Å²) in [5.74, 6) is 0.